The van der Waals surface area contributed by atoms with E-state index < -0.39 is 11.7 Å². The number of oxazole rings is 1. The fourth-order valence-corrected chi connectivity index (χ4v) is 2.47. The monoisotopic (exact) mass is 356 g/mol. The molecule has 7 heteroatoms. The largest absolute Gasteiger partial charge is 0.455 e. The van der Waals surface area contributed by atoms with Crippen LogP contribution in [0.4, 0.5) is 13.2 Å². The van der Waals surface area contributed by atoms with Crippen molar-refractivity contribution in [3.63, 3.8) is 0 Å². The number of aromatic nitrogens is 2. The summed E-state index contributed by atoms with van der Waals surface area (Å²) in [7, 11) is 0. The van der Waals surface area contributed by atoms with E-state index >= 15 is 0 Å². The average Bonchev–Trinajstić information content (AvgIpc) is 3.05. The lowest BCUT2D eigenvalue weighted by molar-refractivity contribution is -0.137. The topological polar surface area (TPSA) is 48.2 Å². The van der Waals surface area contributed by atoms with E-state index in [0.717, 1.165) is 12.1 Å². The average molecular weight is 356 g/mol. The van der Waals surface area contributed by atoms with E-state index in [2.05, 4.69) is 9.97 Å². The number of benzene rings is 2. The molecule has 0 N–H and O–H groups in total. The molecule has 0 aliphatic carbocycles. The summed E-state index contributed by atoms with van der Waals surface area (Å²) in [5, 5.41) is 0. The molecule has 2 aromatic carbocycles. The molecule has 0 unspecified atom stereocenters. The van der Waals surface area contributed by atoms with E-state index in [1.54, 1.807) is 18.2 Å². The molecule has 0 aliphatic rings. The first-order valence-corrected chi connectivity index (χ1v) is 7.66. The molecule has 0 aliphatic heterocycles. The molecule has 0 saturated carbocycles. The normalized spacial score (nSPS) is 11.7. The van der Waals surface area contributed by atoms with Gasteiger partial charge in [-0.2, -0.15) is 13.2 Å². The molecule has 4 nitrogen and oxygen atoms in total. The van der Waals surface area contributed by atoms with Gasteiger partial charge >= 0.3 is 6.18 Å². The van der Waals surface area contributed by atoms with Crippen LogP contribution in [-0.2, 0) is 6.18 Å². The Labute approximate surface area is 145 Å². The van der Waals surface area contributed by atoms with Crippen LogP contribution in [0.25, 0.3) is 22.6 Å². The van der Waals surface area contributed by atoms with Gasteiger partial charge in [0.15, 0.2) is 11.3 Å². The minimum absolute atomic E-state index is 0.122. The van der Waals surface area contributed by atoms with Crippen molar-refractivity contribution in [3.05, 3.63) is 72.6 Å². The van der Waals surface area contributed by atoms with Crippen molar-refractivity contribution in [2.24, 2.45) is 0 Å². The molecule has 0 amide bonds. The highest BCUT2D eigenvalue weighted by atomic mass is 19.4. The minimum Gasteiger partial charge on any atom is -0.455 e. The smallest absolute Gasteiger partial charge is 0.416 e. The van der Waals surface area contributed by atoms with Crippen LogP contribution in [0.1, 0.15) is 5.56 Å². The molecule has 0 fully saturated rings. The molecule has 0 spiro atoms. The second-order valence-corrected chi connectivity index (χ2v) is 5.49. The SMILES string of the molecule is FC(F)(F)c1ccc2oc(-c3ccncc3Oc3ccccc3)nc2c1. The summed E-state index contributed by atoms with van der Waals surface area (Å²) in [6, 6.07) is 13.9. The Morgan fingerprint density at radius 2 is 1.77 bits per heavy atom. The van der Waals surface area contributed by atoms with Gasteiger partial charge in [-0.25, -0.2) is 4.98 Å². The van der Waals surface area contributed by atoms with Crippen LogP contribution in [0.2, 0.25) is 0 Å². The third-order valence-electron chi connectivity index (χ3n) is 3.70. The van der Waals surface area contributed by atoms with Crippen molar-refractivity contribution >= 4 is 11.1 Å². The van der Waals surface area contributed by atoms with Crippen molar-refractivity contribution < 1.29 is 22.3 Å². The first-order valence-electron chi connectivity index (χ1n) is 7.66. The Morgan fingerprint density at radius 1 is 0.962 bits per heavy atom. The van der Waals surface area contributed by atoms with E-state index in [1.165, 1.54) is 18.5 Å². The Morgan fingerprint density at radius 3 is 2.54 bits per heavy atom. The fraction of sp³-hybridized carbons (Fsp3) is 0.0526. The maximum absolute atomic E-state index is 12.9. The van der Waals surface area contributed by atoms with Crippen LogP contribution < -0.4 is 4.74 Å². The Hall–Kier alpha value is -3.35. The summed E-state index contributed by atoms with van der Waals surface area (Å²) in [5.41, 5.74) is 0.0988. The molecule has 2 aromatic heterocycles. The van der Waals surface area contributed by atoms with Crippen LogP contribution in [0.5, 0.6) is 11.5 Å². The summed E-state index contributed by atoms with van der Waals surface area (Å²) in [4.78, 5) is 8.21. The summed E-state index contributed by atoms with van der Waals surface area (Å²) in [5.74, 6) is 1.14. The Balaban J connectivity index is 1.76. The zero-order valence-electron chi connectivity index (χ0n) is 13.2. The molecule has 0 radical (unpaired) electrons. The van der Waals surface area contributed by atoms with Crippen LogP contribution >= 0.6 is 0 Å². The van der Waals surface area contributed by atoms with Crippen molar-refractivity contribution in [3.8, 4) is 23.0 Å². The number of rotatable bonds is 3. The molecule has 0 bridgehead atoms. The number of fused-ring (bicyclic) bond motifs is 1. The molecule has 0 atom stereocenters. The predicted octanol–water partition coefficient (Wildman–Crippen LogP) is 5.70. The second kappa shape index (κ2) is 6.18. The molecule has 0 saturated heterocycles. The fourth-order valence-electron chi connectivity index (χ4n) is 2.47. The van der Waals surface area contributed by atoms with Gasteiger partial charge in [-0.1, -0.05) is 18.2 Å². The number of pyridine rings is 1. The number of halogens is 3. The quantitative estimate of drug-likeness (QED) is 0.472. The number of alkyl halides is 3. The maximum atomic E-state index is 12.9. The number of hydrogen-bond donors (Lipinski definition) is 0. The number of para-hydroxylation sites is 1. The van der Waals surface area contributed by atoms with Gasteiger partial charge in [0.1, 0.15) is 11.3 Å². The lowest BCUT2D eigenvalue weighted by Crippen LogP contribution is -2.03. The first kappa shape index (κ1) is 16.1. The first-order chi connectivity index (χ1) is 12.5. The zero-order valence-corrected chi connectivity index (χ0v) is 13.2. The van der Waals surface area contributed by atoms with Crippen molar-refractivity contribution in [1.82, 2.24) is 9.97 Å². The summed E-state index contributed by atoms with van der Waals surface area (Å²) in [6.07, 6.45) is -1.41. The van der Waals surface area contributed by atoms with E-state index in [1.807, 2.05) is 18.2 Å². The molecular weight excluding hydrogens is 345 g/mol. The zero-order chi connectivity index (χ0) is 18.1. The number of hydrogen-bond acceptors (Lipinski definition) is 4. The number of ether oxygens (including phenoxy) is 1. The van der Waals surface area contributed by atoms with Gasteiger partial charge < -0.3 is 9.15 Å². The van der Waals surface area contributed by atoms with Gasteiger partial charge in [-0.05, 0) is 36.4 Å². The van der Waals surface area contributed by atoms with Gasteiger partial charge in [-0.3, -0.25) is 4.98 Å². The summed E-state index contributed by atoms with van der Waals surface area (Å²) < 4.78 is 50.0. The number of nitrogens with zero attached hydrogens (tertiary/aromatic N) is 2. The third-order valence-corrected chi connectivity index (χ3v) is 3.70. The van der Waals surface area contributed by atoms with Crippen LogP contribution in [0.3, 0.4) is 0 Å². The molecule has 2 heterocycles. The van der Waals surface area contributed by atoms with E-state index in [0.29, 0.717) is 17.1 Å². The van der Waals surface area contributed by atoms with Crippen LogP contribution in [0, 0.1) is 0 Å². The molecule has 4 aromatic rings. The Kier molecular flexibility index (Phi) is 3.84. The molecule has 4 rings (SSSR count). The molecule has 130 valence electrons. The third kappa shape index (κ3) is 3.11. The lowest BCUT2D eigenvalue weighted by atomic mass is 10.2. The van der Waals surface area contributed by atoms with Gasteiger partial charge in [0.25, 0.3) is 0 Å². The van der Waals surface area contributed by atoms with Crippen molar-refractivity contribution in [2.45, 2.75) is 6.18 Å². The van der Waals surface area contributed by atoms with Gasteiger partial charge in [0, 0.05) is 6.20 Å². The van der Waals surface area contributed by atoms with E-state index in [-0.39, 0.29) is 17.0 Å². The molecular formula is C19H11F3N2O2. The highest BCUT2D eigenvalue weighted by Gasteiger charge is 2.31. The van der Waals surface area contributed by atoms with E-state index in [9.17, 15) is 13.2 Å². The van der Waals surface area contributed by atoms with Crippen LogP contribution in [-0.4, -0.2) is 9.97 Å². The molecule has 26 heavy (non-hydrogen) atoms. The van der Waals surface area contributed by atoms with Gasteiger partial charge in [0.2, 0.25) is 5.89 Å². The highest BCUT2D eigenvalue weighted by Crippen LogP contribution is 2.36. The summed E-state index contributed by atoms with van der Waals surface area (Å²) in [6.45, 7) is 0. The minimum atomic E-state index is -4.44. The van der Waals surface area contributed by atoms with Crippen molar-refractivity contribution in [2.75, 3.05) is 0 Å². The predicted molar refractivity (Wildman–Crippen MR) is 88.8 cm³/mol. The maximum Gasteiger partial charge on any atom is 0.416 e. The van der Waals surface area contributed by atoms with Crippen LogP contribution in [0.15, 0.2) is 71.4 Å². The standard InChI is InChI=1S/C19H11F3N2O2/c20-19(21,22)12-6-7-16-15(10-12)24-18(26-16)14-8-9-23-11-17(14)25-13-4-2-1-3-5-13/h1-11H. The highest BCUT2D eigenvalue weighted by molar-refractivity contribution is 5.78. The lowest BCUT2D eigenvalue weighted by Gasteiger charge is -2.07. The summed E-state index contributed by atoms with van der Waals surface area (Å²) >= 11 is 0. The van der Waals surface area contributed by atoms with Crippen molar-refractivity contribution in [1.29, 1.82) is 0 Å². The second-order valence-electron chi connectivity index (χ2n) is 5.49. The van der Waals surface area contributed by atoms with E-state index in [4.69, 9.17) is 9.15 Å². The Bertz CT molecular complexity index is 1060. The van der Waals surface area contributed by atoms with Gasteiger partial charge in [0.05, 0.1) is 17.3 Å². The van der Waals surface area contributed by atoms with Gasteiger partial charge in [-0.15, -0.1) is 0 Å².